The zero-order valence-electron chi connectivity index (χ0n) is 14.3. The summed E-state index contributed by atoms with van der Waals surface area (Å²) in [5, 5.41) is 5.86. The zero-order chi connectivity index (χ0) is 18.8. The number of nitrogens with one attached hydrogen (secondary N) is 1. The Bertz CT molecular complexity index is 942. The summed E-state index contributed by atoms with van der Waals surface area (Å²) < 4.78 is 5.58. The monoisotopic (exact) mass is 421 g/mol. The molecule has 1 aromatic carbocycles. The molecule has 0 radical (unpaired) electrons. The molecule has 3 aromatic rings. The smallest absolute Gasteiger partial charge is 0.241 e. The number of benzene rings is 1. The molecule has 1 aliphatic rings. The van der Waals surface area contributed by atoms with Crippen LogP contribution < -0.4 is 5.32 Å². The van der Waals surface area contributed by atoms with Crippen LogP contribution in [-0.2, 0) is 11.3 Å². The van der Waals surface area contributed by atoms with Gasteiger partial charge in [0.2, 0.25) is 11.8 Å². The van der Waals surface area contributed by atoms with Crippen molar-refractivity contribution in [3.63, 3.8) is 0 Å². The SMILES string of the molecule is O=C(Nc1ccc(Cl)cc1Cl)[C@H]1CCCN1Cc1coc(-c2cccs2)n1. The first-order valence-corrected chi connectivity index (χ1v) is 10.2. The van der Waals surface area contributed by atoms with E-state index in [4.69, 9.17) is 27.6 Å². The third kappa shape index (κ3) is 4.19. The number of oxazole rings is 1. The molecule has 0 spiro atoms. The Hall–Kier alpha value is -1.86. The molecular formula is C19H17Cl2N3O2S. The number of thiophene rings is 1. The van der Waals surface area contributed by atoms with Gasteiger partial charge in [-0.15, -0.1) is 11.3 Å². The fourth-order valence-electron chi connectivity index (χ4n) is 3.22. The van der Waals surface area contributed by atoms with Gasteiger partial charge in [-0.2, -0.15) is 0 Å². The second kappa shape index (κ2) is 8.02. The highest BCUT2D eigenvalue weighted by Gasteiger charge is 2.31. The molecule has 8 heteroatoms. The summed E-state index contributed by atoms with van der Waals surface area (Å²) in [6.07, 6.45) is 3.42. The fourth-order valence-corrected chi connectivity index (χ4v) is 4.33. The largest absolute Gasteiger partial charge is 0.444 e. The maximum Gasteiger partial charge on any atom is 0.241 e. The quantitative estimate of drug-likeness (QED) is 0.605. The van der Waals surface area contributed by atoms with E-state index in [1.54, 1.807) is 35.8 Å². The lowest BCUT2D eigenvalue weighted by atomic mass is 10.2. The maximum absolute atomic E-state index is 12.8. The van der Waals surface area contributed by atoms with Crippen LogP contribution in [0.5, 0.6) is 0 Å². The average Bonchev–Trinajstić information content (AvgIpc) is 3.38. The Kier molecular flexibility index (Phi) is 5.50. The first kappa shape index (κ1) is 18.5. The van der Waals surface area contributed by atoms with E-state index >= 15 is 0 Å². The van der Waals surface area contributed by atoms with Crippen molar-refractivity contribution in [3.8, 4) is 10.8 Å². The van der Waals surface area contributed by atoms with E-state index < -0.39 is 0 Å². The van der Waals surface area contributed by atoms with Crippen LogP contribution in [0.1, 0.15) is 18.5 Å². The number of amides is 1. The zero-order valence-corrected chi connectivity index (χ0v) is 16.7. The lowest BCUT2D eigenvalue weighted by Crippen LogP contribution is -2.39. The van der Waals surface area contributed by atoms with Crippen LogP contribution in [0.15, 0.2) is 46.4 Å². The molecule has 0 aliphatic carbocycles. The van der Waals surface area contributed by atoms with E-state index in [1.807, 2.05) is 17.5 Å². The van der Waals surface area contributed by atoms with Gasteiger partial charge in [-0.25, -0.2) is 4.98 Å². The van der Waals surface area contributed by atoms with E-state index in [-0.39, 0.29) is 11.9 Å². The first-order valence-electron chi connectivity index (χ1n) is 8.58. The Labute approximate surface area is 170 Å². The Morgan fingerprint density at radius 2 is 2.26 bits per heavy atom. The van der Waals surface area contributed by atoms with Gasteiger partial charge in [0.05, 0.1) is 27.3 Å². The number of anilines is 1. The maximum atomic E-state index is 12.8. The number of halogens is 2. The van der Waals surface area contributed by atoms with Crippen LogP contribution in [0.3, 0.4) is 0 Å². The molecule has 140 valence electrons. The molecule has 1 atom stereocenters. The van der Waals surface area contributed by atoms with E-state index in [2.05, 4.69) is 15.2 Å². The van der Waals surface area contributed by atoms with E-state index in [0.717, 1.165) is 30.0 Å². The molecule has 1 N–H and O–H groups in total. The number of likely N-dealkylation sites (tertiary alicyclic amines) is 1. The molecule has 1 saturated heterocycles. The van der Waals surface area contributed by atoms with E-state index in [1.165, 1.54) is 0 Å². The molecule has 2 aromatic heterocycles. The first-order chi connectivity index (χ1) is 13.1. The number of carbonyl (C=O) groups excluding carboxylic acids is 1. The van der Waals surface area contributed by atoms with Crippen LogP contribution in [0.25, 0.3) is 10.8 Å². The molecule has 0 unspecified atom stereocenters. The third-order valence-electron chi connectivity index (χ3n) is 4.50. The van der Waals surface area contributed by atoms with Crippen LogP contribution in [0, 0.1) is 0 Å². The molecular weight excluding hydrogens is 405 g/mol. The predicted molar refractivity (Wildman–Crippen MR) is 108 cm³/mol. The minimum Gasteiger partial charge on any atom is -0.444 e. The molecule has 1 fully saturated rings. The van der Waals surface area contributed by atoms with Crippen molar-refractivity contribution >= 4 is 46.1 Å². The number of hydrogen-bond donors (Lipinski definition) is 1. The molecule has 27 heavy (non-hydrogen) atoms. The van der Waals surface area contributed by atoms with Gasteiger partial charge in [-0.3, -0.25) is 9.69 Å². The minimum absolute atomic E-state index is 0.0707. The third-order valence-corrected chi connectivity index (χ3v) is 5.91. The van der Waals surface area contributed by atoms with Crippen LogP contribution in [0.2, 0.25) is 10.0 Å². The van der Waals surface area contributed by atoms with Crippen LogP contribution in [-0.4, -0.2) is 28.4 Å². The van der Waals surface area contributed by atoms with Gasteiger partial charge in [0, 0.05) is 11.6 Å². The van der Waals surface area contributed by atoms with Crippen molar-refractivity contribution in [1.29, 1.82) is 0 Å². The summed E-state index contributed by atoms with van der Waals surface area (Å²) in [6.45, 7) is 1.41. The van der Waals surface area contributed by atoms with Crippen molar-refractivity contribution in [1.82, 2.24) is 9.88 Å². The Morgan fingerprint density at radius 1 is 1.37 bits per heavy atom. The molecule has 1 aliphatic heterocycles. The molecule has 5 nitrogen and oxygen atoms in total. The Morgan fingerprint density at radius 3 is 3.04 bits per heavy atom. The van der Waals surface area contributed by atoms with Gasteiger partial charge in [0.15, 0.2) is 0 Å². The molecule has 4 rings (SSSR count). The summed E-state index contributed by atoms with van der Waals surface area (Å²) in [6, 6.07) is 8.75. The fraction of sp³-hybridized carbons (Fsp3) is 0.263. The number of carbonyl (C=O) groups is 1. The summed E-state index contributed by atoms with van der Waals surface area (Å²) in [7, 11) is 0. The van der Waals surface area contributed by atoms with Crippen molar-refractivity contribution in [2.45, 2.75) is 25.4 Å². The highest BCUT2D eigenvalue weighted by molar-refractivity contribution is 7.13. The highest BCUT2D eigenvalue weighted by atomic mass is 35.5. The summed E-state index contributed by atoms with van der Waals surface area (Å²) >= 11 is 13.7. The summed E-state index contributed by atoms with van der Waals surface area (Å²) in [4.78, 5) is 20.4. The van der Waals surface area contributed by atoms with E-state index in [0.29, 0.717) is 28.2 Å². The standard InChI is InChI=1S/C19H17Cl2N3O2S/c20-12-5-6-15(14(21)9-12)23-18(25)16-3-1-7-24(16)10-13-11-26-19(22-13)17-4-2-8-27-17/h2,4-6,8-9,11,16H,1,3,7,10H2,(H,23,25)/t16-/m1/s1. The number of nitrogens with zero attached hydrogens (tertiary/aromatic N) is 2. The van der Waals surface area contributed by atoms with Gasteiger partial charge in [-0.05, 0) is 49.0 Å². The topological polar surface area (TPSA) is 58.4 Å². The van der Waals surface area contributed by atoms with Gasteiger partial charge in [0.25, 0.3) is 0 Å². The van der Waals surface area contributed by atoms with Crippen molar-refractivity contribution < 1.29 is 9.21 Å². The molecule has 1 amide bonds. The second-order valence-corrected chi connectivity index (χ2v) is 8.15. The van der Waals surface area contributed by atoms with Crippen LogP contribution in [0.4, 0.5) is 5.69 Å². The average molecular weight is 422 g/mol. The number of hydrogen-bond acceptors (Lipinski definition) is 5. The molecule has 0 bridgehead atoms. The lowest BCUT2D eigenvalue weighted by molar-refractivity contribution is -0.120. The number of rotatable bonds is 5. The van der Waals surface area contributed by atoms with Gasteiger partial charge >= 0.3 is 0 Å². The number of aromatic nitrogens is 1. The summed E-state index contributed by atoms with van der Waals surface area (Å²) in [5.74, 6) is 0.548. The van der Waals surface area contributed by atoms with Crippen LogP contribution >= 0.6 is 34.5 Å². The van der Waals surface area contributed by atoms with Crippen molar-refractivity contribution in [2.75, 3.05) is 11.9 Å². The highest BCUT2D eigenvalue weighted by Crippen LogP contribution is 2.28. The van der Waals surface area contributed by atoms with Crippen molar-refractivity contribution in [3.05, 3.63) is 57.7 Å². The summed E-state index contributed by atoms with van der Waals surface area (Å²) in [5.41, 5.74) is 1.39. The molecule has 3 heterocycles. The van der Waals surface area contributed by atoms with E-state index in [9.17, 15) is 4.79 Å². The minimum atomic E-state index is -0.223. The second-order valence-electron chi connectivity index (χ2n) is 6.36. The van der Waals surface area contributed by atoms with Gasteiger partial charge in [-0.1, -0.05) is 29.3 Å². The van der Waals surface area contributed by atoms with Crippen molar-refractivity contribution in [2.24, 2.45) is 0 Å². The lowest BCUT2D eigenvalue weighted by Gasteiger charge is -2.22. The van der Waals surface area contributed by atoms with Gasteiger partial charge < -0.3 is 9.73 Å². The molecule has 0 saturated carbocycles. The Balaban J connectivity index is 1.43. The normalized spacial score (nSPS) is 17.3. The predicted octanol–water partition coefficient (Wildman–Crippen LogP) is 5.31. The van der Waals surface area contributed by atoms with Gasteiger partial charge in [0.1, 0.15) is 6.26 Å².